The summed E-state index contributed by atoms with van der Waals surface area (Å²) in [6.07, 6.45) is 4.92. The van der Waals surface area contributed by atoms with Crippen molar-refractivity contribution in [1.82, 2.24) is 0 Å². The Hall–Kier alpha value is -4.66. The standard InChI is InChI=1S/C39H39BN2O5/c1-3-25(22-26-14-19-34(43)31-12-8-7-11-30(26)31)13-20-35-36-24(2)21-32-37(33(36)23-40(46)47-35)39(45)42(38(32)44)29-17-15-28(16-18-29)41-27-9-5-4-6-10-27/h4-12,14-19,22,32-33,35,37,41,43,46H,3,13,20-21,23H2,1-2H3/b25-22+/t32-,33+,35-,37-/m1/s1. The highest BCUT2D eigenvalue weighted by Crippen LogP contribution is 2.51. The highest BCUT2D eigenvalue weighted by atomic mass is 16.5. The van der Waals surface area contributed by atoms with Crippen LogP contribution in [-0.2, 0) is 14.2 Å². The Morgan fingerprint density at radius 3 is 2.36 bits per heavy atom. The molecule has 4 aromatic rings. The van der Waals surface area contributed by atoms with Crippen LogP contribution in [-0.4, -0.2) is 35.2 Å². The lowest BCUT2D eigenvalue weighted by molar-refractivity contribution is -0.122. The van der Waals surface area contributed by atoms with Gasteiger partial charge in [0.2, 0.25) is 11.8 Å². The van der Waals surface area contributed by atoms with Crippen molar-refractivity contribution in [3.05, 3.63) is 113 Å². The van der Waals surface area contributed by atoms with Crippen molar-refractivity contribution in [2.75, 3.05) is 10.2 Å². The van der Waals surface area contributed by atoms with Gasteiger partial charge in [0.05, 0.1) is 23.6 Å². The molecule has 0 saturated carbocycles. The lowest BCUT2D eigenvalue weighted by Gasteiger charge is -2.42. The summed E-state index contributed by atoms with van der Waals surface area (Å²) in [6.45, 7) is 4.18. The molecule has 3 aliphatic rings. The van der Waals surface area contributed by atoms with Crippen LogP contribution in [0, 0.1) is 17.8 Å². The van der Waals surface area contributed by atoms with Crippen molar-refractivity contribution in [2.24, 2.45) is 17.8 Å². The molecule has 0 bridgehead atoms. The summed E-state index contributed by atoms with van der Waals surface area (Å²) in [4.78, 5) is 29.2. The maximum Gasteiger partial charge on any atom is 0.455 e. The Balaban J connectivity index is 1.10. The summed E-state index contributed by atoms with van der Waals surface area (Å²) in [7, 11) is -1.00. The molecule has 2 heterocycles. The first-order valence-corrected chi connectivity index (χ1v) is 16.6. The van der Waals surface area contributed by atoms with Crippen LogP contribution in [0.3, 0.4) is 0 Å². The first-order valence-electron chi connectivity index (χ1n) is 16.6. The van der Waals surface area contributed by atoms with E-state index in [0.717, 1.165) is 51.7 Å². The van der Waals surface area contributed by atoms with Crippen molar-refractivity contribution >= 4 is 52.8 Å². The largest absolute Gasteiger partial charge is 0.507 e. The highest BCUT2D eigenvalue weighted by molar-refractivity contribution is 6.43. The Bertz CT molecular complexity index is 1890. The van der Waals surface area contributed by atoms with E-state index < -0.39 is 19.0 Å². The number of allylic oxidation sites excluding steroid dienone is 2. The number of anilines is 3. The summed E-state index contributed by atoms with van der Waals surface area (Å²) in [6, 6.07) is 28.7. The molecule has 2 aliphatic heterocycles. The van der Waals surface area contributed by atoms with E-state index >= 15 is 0 Å². The lowest BCUT2D eigenvalue weighted by Crippen LogP contribution is -2.46. The Kier molecular flexibility index (Phi) is 8.47. The van der Waals surface area contributed by atoms with Gasteiger partial charge in [-0.15, -0.1) is 0 Å². The number of amides is 2. The third-order valence-electron chi connectivity index (χ3n) is 10.1. The van der Waals surface area contributed by atoms with E-state index in [4.69, 9.17) is 4.65 Å². The third kappa shape index (κ3) is 5.88. The van der Waals surface area contributed by atoms with E-state index in [9.17, 15) is 19.7 Å². The predicted molar refractivity (Wildman–Crippen MR) is 187 cm³/mol. The van der Waals surface area contributed by atoms with Gasteiger partial charge in [-0.1, -0.05) is 72.7 Å². The SMILES string of the molecule is CC/C(=C\c1ccc(O)c2ccccc12)CC[C@H]1OB(O)C[C@H]2C1=C(C)C[C@H]1C(=O)N(c3ccc(Nc4ccccc4)cc3)C(=O)[C@H]12. The summed E-state index contributed by atoms with van der Waals surface area (Å²) >= 11 is 0. The zero-order valence-electron chi connectivity index (χ0n) is 26.7. The lowest BCUT2D eigenvalue weighted by atomic mass is 9.59. The number of imide groups is 1. The molecule has 7 rings (SSSR count). The number of para-hydroxylation sites is 1. The Labute approximate surface area is 275 Å². The van der Waals surface area contributed by atoms with E-state index in [1.807, 2.05) is 84.9 Å². The molecule has 0 aromatic heterocycles. The van der Waals surface area contributed by atoms with E-state index in [0.29, 0.717) is 24.8 Å². The van der Waals surface area contributed by atoms with Crippen molar-refractivity contribution in [1.29, 1.82) is 0 Å². The highest BCUT2D eigenvalue weighted by Gasteiger charge is 2.57. The van der Waals surface area contributed by atoms with Gasteiger partial charge in [-0.2, -0.15) is 0 Å². The number of benzene rings is 4. The molecule has 238 valence electrons. The minimum absolute atomic E-state index is 0.169. The zero-order valence-corrected chi connectivity index (χ0v) is 26.7. The molecule has 8 heteroatoms. The van der Waals surface area contributed by atoms with Crippen molar-refractivity contribution in [2.45, 2.75) is 52.0 Å². The van der Waals surface area contributed by atoms with Gasteiger partial charge in [0.15, 0.2) is 0 Å². The number of fused-ring (bicyclic) bond motifs is 4. The summed E-state index contributed by atoms with van der Waals surface area (Å²) < 4.78 is 6.16. The first-order chi connectivity index (χ1) is 22.8. The maximum absolute atomic E-state index is 14.1. The molecule has 2 saturated heterocycles. The average molecular weight is 627 g/mol. The van der Waals surface area contributed by atoms with Crippen LogP contribution in [0.25, 0.3) is 16.8 Å². The van der Waals surface area contributed by atoms with Gasteiger partial charge in [0, 0.05) is 16.8 Å². The molecular weight excluding hydrogens is 587 g/mol. The normalized spacial score (nSPS) is 22.9. The fourth-order valence-electron chi connectivity index (χ4n) is 7.88. The van der Waals surface area contributed by atoms with Gasteiger partial charge < -0.3 is 20.1 Å². The molecule has 7 nitrogen and oxygen atoms in total. The number of carbonyl (C=O) groups is 2. The molecule has 47 heavy (non-hydrogen) atoms. The van der Waals surface area contributed by atoms with Gasteiger partial charge in [-0.05, 0) is 104 Å². The molecule has 2 fully saturated rings. The fraction of sp³-hybridized carbons (Fsp3) is 0.282. The number of phenolic OH excluding ortho intramolecular Hbond substituents is 1. The molecule has 0 spiro atoms. The Morgan fingerprint density at radius 1 is 0.915 bits per heavy atom. The second-order valence-electron chi connectivity index (χ2n) is 13.0. The van der Waals surface area contributed by atoms with Crippen LogP contribution in [0.5, 0.6) is 5.75 Å². The second kappa shape index (κ2) is 12.9. The third-order valence-corrected chi connectivity index (χ3v) is 10.1. The van der Waals surface area contributed by atoms with Gasteiger partial charge >= 0.3 is 7.12 Å². The van der Waals surface area contributed by atoms with Crippen LogP contribution in [0.15, 0.2) is 108 Å². The van der Waals surface area contributed by atoms with E-state index in [-0.39, 0.29) is 29.6 Å². The number of phenols is 1. The zero-order chi connectivity index (χ0) is 32.7. The second-order valence-corrected chi connectivity index (χ2v) is 13.0. The number of hydrogen-bond acceptors (Lipinski definition) is 6. The van der Waals surface area contributed by atoms with E-state index in [2.05, 4.69) is 25.2 Å². The molecule has 3 N–H and O–H groups in total. The molecule has 4 aromatic carbocycles. The number of rotatable bonds is 8. The molecule has 0 radical (unpaired) electrons. The number of hydrogen-bond donors (Lipinski definition) is 3. The minimum Gasteiger partial charge on any atom is -0.507 e. The fourth-order valence-corrected chi connectivity index (χ4v) is 7.88. The van der Waals surface area contributed by atoms with Crippen LogP contribution < -0.4 is 10.2 Å². The van der Waals surface area contributed by atoms with E-state index in [1.165, 1.54) is 10.5 Å². The van der Waals surface area contributed by atoms with Crippen LogP contribution in [0.2, 0.25) is 6.32 Å². The Morgan fingerprint density at radius 2 is 1.62 bits per heavy atom. The molecule has 4 atom stereocenters. The van der Waals surface area contributed by atoms with Crippen LogP contribution >= 0.6 is 0 Å². The number of nitrogens with zero attached hydrogens (tertiary/aromatic N) is 1. The van der Waals surface area contributed by atoms with Gasteiger partial charge in [0.25, 0.3) is 0 Å². The molecule has 0 unspecified atom stereocenters. The average Bonchev–Trinajstić information content (AvgIpc) is 3.33. The van der Waals surface area contributed by atoms with Crippen LogP contribution in [0.4, 0.5) is 17.1 Å². The number of aromatic hydroxyl groups is 1. The molecule has 2 amide bonds. The minimum atomic E-state index is -1.00. The summed E-state index contributed by atoms with van der Waals surface area (Å²) in [5.74, 6) is -1.32. The molecular formula is C39H39BN2O5. The van der Waals surface area contributed by atoms with Gasteiger partial charge in [-0.3, -0.25) is 14.5 Å². The summed E-state index contributed by atoms with van der Waals surface area (Å²) in [5, 5.41) is 26.4. The topological polar surface area (TPSA) is 99.1 Å². The van der Waals surface area contributed by atoms with Crippen LogP contribution in [0.1, 0.15) is 45.1 Å². The first kappa shape index (κ1) is 31.0. The number of carbonyl (C=O) groups excluding carboxylic acids is 2. The smallest absolute Gasteiger partial charge is 0.455 e. The van der Waals surface area contributed by atoms with Gasteiger partial charge in [-0.25, -0.2) is 0 Å². The van der Waals surface area contributed by atoms with Crippen molar-refractivity contribution in [3.8, 4) is 5.75 Å². The summed E-state index contributed by atoms with van der Waals surface area (Å²) in [5.41, 5.74) is 6.83. The quantitative estimate of drug-likeness (QED) is 0.105. The predicted octanol–water partition coefficient (Wildman–Crippen LogP) is 7.88. The van der Waals surface area contributed by atoms with Crippen molar-refractivity contribution < 1.29 is 24.4 Å². The van der Waals surface area contributed by atoms with Gasteiger partial charge in [0.1, 0.15) is 5.75 Å². The monoisotopic (exact) mass is 626 g/mol. The van der Waals surface area contributed by atoms with Crippen molar-refractivity contribution in [3.63, 3.8) is 0 Å². The molecule has 1 aliphatic carbocycles. The maximum atomic E-state index is 14.1. The van der Waals surface area contributed by atoms with E-state index in [1.54, 1.807) is 6.07 Å². The number of nitrogens with one attached hydrogen (secondary N) is 1.